The van der Waals surface area contributed by atoms with E-state index in [0.717, 1.165) is 0 Å². The topological polar surface area (TPSA) is 72.2 Å². The third-order valence-electron chi connectivity index (χ3n) is 2.23. The SMILES string of the molecule is CN(C)c1ncnc2ccc([N+](=O)[O-])cc12. The van der Waals surface area contributed by atoms with E-state index in [1.165, 1.54) is 18.5 Å². The van der Waals surface area contributed by atoms with E-state index in [1.807, 2.05) is 14.1 Å². The fourth-order valence-electron chi connectivity index (χ4n) is 1.50. The van der Waals surface area contributed by atoms with E-state index in [-0.39, 0.29) is 5.69 Å². The van der Waals surface area contributed by atoms with Crippen LogP contribution in [0.2, 0.25) is 0 Å². The molecular weight excluding hydrogens is 208 g/mol. The predicted molar refractivity (Wildman–Crippen MR) is 60.5 cm³/mol. The number of hydrogen-bond acceptors (Lipinski definition) is 5. The Hall–Kier alpha value is -2.24. The van der Waals surface area contributed by atoms with Crippen molar-refractivity contribution in [1.82, 2.24) is 9.97 Å². The van der Waals surface area contributed by atoms with E-state index < -0.39 is 4.92 Å². The molecule has 2 aromatic rings. The number of hydrogen-bond donors (Lipinski definition) is 0. The number of rotatable bonds is 2. The molecule has 0 N–H and O–H groups in total. The summed E-state index contributed by atoms with van der Waals surface area (Å²) in [6.07, 6.45) is 1.45. The van der Waals surface area contributed by atoms with E-state index in [1.54, 1.807) is 11.0 Å². The van der Waals surface area contributed by atoms with Gasteiger partial charge in [0.15, 0.2) is 0 Å². The second-order valence-corrected chi connectivity index (χ2v) is 3.55. The zero-order valence-corrected chi connectivity index (χ0v) is 8.91. The molecule has 0 aliphatic carbocycles. The Kier molecular flexibility index (Phi) is 2.40. The number of nitro groups is 1. The minimum Gasteiger partial charge on any atom is -0.362 e. The molecule has 6 nitrogen and oxygen atoms in total. The number of fused-ring (bicyclic) bond motifs is 1. The molecule has 0 saturated carbocycles. The first-order valence-electron chi connectivity index (χ1n) is 4.66. The summed E-state index contributed by atoms with van der Waals surface area (Å²) in [4.78, 5) is 20.2. The zero-order chi connectivity index (χ0) is 11.7. The van der Waals surface area contributed by atoms with Crippen LogP contribution in [0.3, 0.4) is 0 Å². The number of anilines is 1. The molecule has 0 atom stereocenters. The van der Waals surface area contributed by atoms with Gasteiger partial charge < -0.3 is 4.90 Å². The van der Waals surface area contributed by atoms with E-state index in [2.05, 4.69) is 9.97 Å². The lowest BCUT2D eigenvalue weighted by Crippen LogP contribution is -2.11. The van der Waals surface area contributed by atoms with Crippen LogP contribution in [0, 0.1) is 10.1 Å². The first-order valence-corrected chi connectivity index (χ1v) is 4.66. The van der Waals surface area contributed by atoms with Gasteiger partial charge in [-0.1, -0.05) is 0 Å². The zero-order valence-electron chi connectivity index (χ0n) is 8.91. The van der Waals surface area contributed by atoms with Crippen LogP contribution in [0.4, 0.5) is 11.5 Å². The van der Waals surface area contributed by atoms with Crippen molar-refractivity contribution in [3.05, 3.63) is 34.6 Å². The molecule has 82 valence electrons. The Morgan fingerprint density at radius 2 is 2.06 bits per heavy atom. The van der Waals surface area contributed by atoms with Crippen LogP contribution >= 0.6 is 0 Å². The van der Waals surface area contributed by atoms with Crippen molar-refractivity contribution in [1.29, 1.82) is 0 Å². The van der Waals surface area contributed by atoms with Gasteiger partial charge >= 0.3 is 0 Å². The van der Waals surface area contributed by atoms with Gasteiger partial charge in [0.1, 0.15) is 12.1 Å². The summed E-state index contributed by atoms with van der Waals surface area (Å²) in [6.45, 7) is 0. The van der Waals surface area contributed by atoms with E-state index in [0.29, 0.717) is 16.7 Å². The predicted octanol–water partition coefficient (Wildman–Crippen LogP) is 1.60. The van der Waals surface area contributed by atoms with Gasteiger partial charge in [-0.3, -0.25) is 10.1 Å². The smallest absolute Gasteiger partial charge is 0.270 e. The minimum absolute atomic E-state index is 0.0467. The first-order chi connectivity index (χ1) is 7.59. The molecule has 1 aromatic heterocycles. The highest BCUT2D eigenvalue weighted by Crippen LogP contribution is 2.25. The Morgan fingerprint density at radius 1 is 1.31 bits per heavy atom. The lowest BCUT2D eigenvalue weighted by Gasteiger charge is -2.12. The lowest BCUT2D eigenvalue weighted by atomic mass is 10.2. The van der Waals surface area contributed by atoms with Crippen molar-refractivity contribution in [2.75, 3.05) is 19.0 Å². The number of nitrogens with zero attached hydrogens (tertiary/aromatic N) is 4. The maximum Gasteiger partial charge on any atom is 0.270 e. The second kappa shape index (κ2) is 3.73. The number of benzene rings is 1. The highest BCUT2D eigenvalue weighted by Gasteiger charge is 2.11. The van der Waals surface area contributed by atoms with Crippen molar-refractivity contribution in [2.45, 2.75) is 0 Å². The maximum absolute atomic E-state index is 10.7. The molecule has 1 aromatic carbocycles. The molecule has 0 aliphatic rings. The van der Waals surface area contributed by atoms with E-state index >= 15 is 0 Å². The van der Waals surface area contributed by atoms with Crippen LogP contribution in [0.5, 0.6) is 0 Å². The Morgan fingerprint density at radius 3 is 2.69 bits per heavy atom. The second-order valence-electron chi connectivity index (χ2n) is 3.55. The summed E-state index contributed by atoms with van der Waals surface area (Å²) < 4.78 is 0. The van der Waals surface area contributed by atoms with Crippen LogP contribution < -0.4 is 4.90 Å². The highest BCUT2D eigenvalue weighted by molar-refractivity contribution is 5.90. The van der Waals surface area contributed by atoms with Crippen molar-refractivity contribution < 1.29 is 4.92 Å². The van der Waals surface area contributed by atoms with Crippen LogP contribution in [0.1, 0.15) is 0 Å². The van der Waals surface area contributed by atoms with Crippen molar-refractivity contribution in [3.63, 3.8) is 0 Å². The number of nitro benzene ring substituents is 1. The molecule has 0 fully saturated rings. The van der Waals surface area contributed by atoms with Gasteiger partial charge in [-0.05, 0) is 6.07 Å². The molecule has 1 heterocycles. The van der Waals surface area contributed by atoms with E-state index in [9.17, 15) is 10.1 Å². The fraction of sp³-hybridized carbons (Fsp3) is 0.200. The summed E-state index contributed by atoms with van der Waals surface area (Å²) in [5.74, 6) is 0.675. The maximum atomic E-state index is 10.7. The third kappa shape index (κ3) is 1.65. The third-order valence-corrected chi connectivity index (χ3v) is 2.23. The summed E-state index contributed by atoms with van der Waals surface area (Å²) in [7, 11) is 3.67. The molecule has 6 heteroatoms. The Labute approximate surface area is 91.7 Å². The van der Waals surface area contributed by atoms with Crippen molar-refractivity contribution in [3.8, 4) is 0 Å². The molecule has 0 amide bonds. The molecule has 0 bridgehead atoms. The normalized spacial score (nSPS) is 10.4. The molecule has 0 saturated heterocycles. The number of aromatic nitrogens is 2. The fourth-order valence-corrected chi connectivity index (χ4v) is 1.50. The van der Waals surface area contributed by atoms with E-state index in [4.69, 9.17) is 0 Å². The quantitative estimate of drug-likeness (QED) is 0.565. The monoisotopic (exact) mass is 218 g/mol. The van der Waals surface area contributed by atoms with Crippen LogP contribution in [-0.2, 0) is 0 Å². The van der Waals surface area contributed by atoms with Crippen molar-refractivity contribution >= 4 is 22.4 Å². The van der Waals surface area contributed by atoms with Crippen LogP contribution in [0.15, 0.2) is 24.5 Å². The largest absolute Gasteiger partial charge is 0.362 e. The van der Waals surface area contributed by atoms with Crippen molar-refractivity contribution in [2.24, 2.45) is 0 Å². The minimum atomic E-state index is -0.425. The van der Waals surface area contributed by atoms with Gasteiger partial charge in [0.05, 0.1) is 10.4 Å². The average Bonchev–Trinajstić information content (AvgIpc) is 2.27. The summed E-state index contributed by atoms with van der Waals surface area (Å²) >= 11 is 0. The summed E-state index contributed by atoms with van der Waals surface area (Å²) in [5, 5.41) is 11.4. The van der Waals surface area contributed by atoms with Gasteiger partial charge in [-0.2, -0.15) is 0 Å². The first kappa shape index (κ1) is 10.3. The van der Waals surface area contributed by atoms with Gasteiger partial charge in [0, 0.05) is 31.6 Å². The molecule has 0 spiro atoms. The van der Waals surface area contributed by atoms with Gasteiger partial charge in [0.2, 0.25) is 0 Å². The molecule has 0 radical (unpaired) electrons. The number of non-ortho nitro benzene ring substituents is 1. The Balaban J connectivity index is 2.73. The van der Waals surface area contributed by atoms with Gasteiger partial charge in [0.25, 0.3) is 5.69 Å². The molecule has 2 rings (SSSR count). The average molecular weight is 218 g/mol. The van der Waals surface area contributed by atoms with Crippen LogP contribution in [0.25, 0.3) is 10.9 Å². The van der Waals surface area contributed by atoms with Gasteiger partial charge in [-0.15, -0.1) is 0 Å². The molecule has 0 unspecified atom stereocenters. The van der Waals surface area contributed by atoms with Crippen LogP contribution in [-0.4, -0.2) is 29.0 Å². The molecule has 16 heavy (non-hydrogen) atoms. The summed E-state index contributed by atoms with van der Waals surface area (Å²) in [6, 6.07) is 4.56. The lowest BCUT2D eigenvalue weighted by molar-refractivity contribution is -0.384. The standard InChI is InChI=1S/C10H10N4O2/c1-13(2)10-8-5-7(14(15)16)3-4-9(8)11-6-12-10/h3-6H,1-2H3. The molecular formula is C10H10N4O2. The van der Waals surface area contributed by atoms with Gasteiger partial charge in [-0.25, -0.2) is 9.97 Å². The Bertz CT molecular complexity index is 554. The highest BCUT2D eigenvalue weighted by atomic mass is 16.6. The summed E-state index contributed by atoms with van der Waals surface area (Å²) in [5.41, 5.74) is 0.745. The molecule has 0 aliphatic heterocycles.